The molecule has 0 heterocycles. The molecule has 1 aromatic carbocycles. The Morgan fingerprint density at radius 2 is 1.89 bits per heavy atom. The first-order valence-electron chi connectivity index (χ1n) is 6.05. The SMILES string of the molecule is NC(CNS(=O)(=O)Cc1c(Cl)cccc1Cl)C1CC1. The molecule has 0 spiro atoms. The Kier molecular flexibility index (Phi) is 4.74. The van der Waals surface area contributed by atoms with E-state index in [2.05, 4.69) is 4.72 Å². The number of hydrogen-bond donors (Lipinski definition) is 2. The summed E-state index contributed by atoms with van der Waals surface area (Å²) in [6.07, 6.45) is 2.17. The normalized spacial score (nSPS) is 17.4. The fraction of sp³-hybridized carbons (Fsp3) is 0.500. The van der Waals surface area contributed by atoms with Crippen LogP contribution in [0.2, 0.25) is 10.0 Å². The maximum Gasteiger partial charge on any atom is 0.215 e. The molecule has 1 aliphatic carbocycles. The molecule has 1 aromatic rings. The van der Waals surface area contributed by atoms with Crippen LogP contribution < -0.4 is 10.5 Å². The smallest absolute Gasteiger partial charge is 0.215 e. The van der Waals surface area contributed by atoms with Crippen molar-refractivity contribution in [3.8, 4) is 0 Å². The molecule has 1 saturated carbocycles. The molecule has 4 nitrogen and oxygen atoms in total. The van der Waals surface area contributed by atoms with Crippen LogP contribution in [0.1, 0.15) is 18.4 Å². The molecule has 3 N–H and O–H groups in total. The summed E-state index contributed by atoms with van der Waals surface area (Å²) < 4.78 is 26.4. The van der Waals surface area contributed by atoms with Crippen molar-refractivity contribution >= 4 is 33.2 Å². The predicted molar refractivity (Wildman–Crippen MR) is 77.8 cm³/mol. The molecule has 1 aliphatic rings. The van der Waals surface area contributed by atoms with Crippen molar-refractivity contribution in [2.75, 3.05) is 6.54 Å². The molecule has 2 rings (SSSR count). The number of nitrogens with one attached hydrogen (secondary N) is 1. The Balaban J connectivity index is 2.00. The molecule has 106 valence electrons. The van der Waals surface area contributed by atoms with Crippen molar-refractivity contribution in [1.82, 2.24) is 4.72 Å². The third kappa shape index (κ3) is 4.33. The first-order valence-corrected chi connectivity index (χ1v) is 8.45. The second-order valence-electron chi connectivity index (χ2n) is 4.81. The van der Waals surface area contributed by atoms with Crippen LogP contribution in [-0.2, 0) is 15.8 Å². The third-order valence-electron chi connectivity index (χ3n) is 3.16. The predicted octanol–water partition coefficient (Wildman–Crippen LogP) is 2.15. The van der Waals surface area contributed by atoms with E-state index in [4.69, 9.17) is 28.9 Å². The molecule has 1 unspecified atom stereocenters. The maximum absolute atomic E-state index is 12.0. The molecule has 0 saturated heterocycles. The molecule has 0 radical (unpaired) electrons. The van der Waals surface area contributed by atoms with Crippen LogP contribution in [0.4, 0.5) is 0 Å². The van der Waals surface area contributed by atoms with E-state index in [1.165, 1.54) is 0 Å². The van der Waals surface area contributed by atoms with Gasteiger partial charge in [0, 0.05) is 28.2 Å². The van der Waals surface area contributed by atoms with Crippen molar-refractivity contribution in [3.05, 3.63) is 33.8 Å². The second-order valence-corrected chi connectivity index (χ2v) is 7.43. The molecule has 0 amide bonds. The van der Waals surface area contributed by atoms with E-state index in [0.717, 1.165) is 12.8 Å². The zero-order chi connectivity index (χ0) is 14.0. The summed E-state index contributed by atoms with van der Waals surface area (Å²) in [7, 11) is -3.48. The number of nitrogens with two attached hydrogens (primary N) is 1. The minimum atomic E-state index is -3.48. The second kappa shape index (κ2) is 5.97. The summed E-state index contributed by atoms with van der Waals surface area (Å²) in [4.78, 5) is 0. The zero-order valence-electron chi connectivity index (χ0n) is 10.3. The Morgan fingerprint density at radius 3 is 2.42 bits per heavy atom. The van der Waals surface area contributed by atoms with Crippen LogP contribution in [0.25, 0.3) is 0 Å². The quantitative estimate of drug-likeness (QED) is 0.842. The van der Waals surface area contributed by atoms with Crippen molar-refractivity contribution < 1.29 is 8.42 Å². The van der Waals surface area contributed by atoms with E-state index in [1.807, 2.05) is 0 Å². The van der Waals surface area contributed by atoms with Gasteiger partial charge in [-0.2, -0.15) is 0 Å². The fourth-order valence-corrected chi connectivity index (χ4v) is 3.75. The highest BCUT2D eigenvalue weighted by Crippen LogP contribution is 2.31. The summed E-state index contributed by atoms with van der Waals surface area (Å²) in [5, 5.41) is 0.703. The van der Waals surface area contributed by atoms with E-state index in [-0.39, 0.29) is 18.3 Å². The van der Waals surface area contributed by atoms with E-state index >= 15 is 0 Å². The number of sulfonamides is 1. The number of rotatable bonds is 6. The first kappa shape index (κ1) is 15.1. The lowest BCUT2D eigenvalue weighted by atomic mass is 10.2. The van der Waals surface area contributed by atoms with E-state index in [9.17, 15) is 8.42 Å². The van der Waals surface area contributed by atoms with Crippen molar-refractivity contribution in [2.45, 2.75) is 24.6 Å². The maximum atomic E-state index is 12.0. The molecule has 1 atom stereocenters. The van der Waals surface area contributed by atoms with Crippen LogP contribution in [0.15, 0.2) is 18.2 Å². The topological polar surface area (TPSA) is 72.2 Å². The Hall–Kier alpha value is -0.330. The molecule has 7 heteroatoms. The lowest BCUT2D eigenvalue weighted by Gasteiger charge is -2.13. The van der Waals surface area contributed by atoms with Crippen LogP contribution in [0, 0.1) is 5.92 Å². The Bertz CT molecular complexity index is 539. The summed E-state index contributed by atoms with van der Waals surface area (Å²) >= 11 is 11.9. The lowest BCUT2D eigenvalue weighted by molar-refractivity contribution is 0.547. The highest BCUT2D eigenvalue weighted by atomic mass is 35.5. The molecule has 19 heavy (non-hydrogen) atoms. The van der Waals surface area contributed by atoms with Gasteiger partial charge in [-0.15, -0.1) is 0 Å². The summed E-state index contributed by atoms with van der Waals surface area (Å²) in [5.41, 5.74) is 6.28. The van der Waals surface area contributed by atoms with Gasteiger partial charge >= 0.3 is 0 Å². The molecule has 0 aromatic heterocycles. The minimum Gasteiger partial charge on any atom is -0.326 e. The summed E-state index contributed by atoms with van der Waals surface area (Å²) in [6.45, 7) is 0.259. The average molecular weight is 323 g/mol. The van der Waals surface area contributed by atoms with E-state index < -0.39 is 10.0 Å². The van der Waals surface area contributed by atoms with Gasteiger partial charge in [-0.1, -0.05) is 29.3 Å². The van der Waals surface area contributed by atoms with Crippen LogP contribution in [0.3, 0.4) is 0 Å². The van der Waals surface area contributed by atoms with Crippen molar-refractivity contribution in [2.24, 2.45) is 11.7 Å². The summed E-state index contributed by atoms with van der Waals surface area (Å²) in [6, 6.07) is 4.80. The first-order chi connectivity index (χ1) is 8.89. The minimum absolute atomic E-state index is 0.114. The largest absolute Gasteiger partial charge is 0.326 e. The fourth-order valence-electron chi connectivity index (χ4n) is 1.83. The van der Waals surface area contributed by atoms with Gasteiger partial charge in [-0.3, -0.25) is 0 Å². The van der Waals surface area contributed by atoms with E-state index in [0.29, 0.717) is 21.5 Å². The third-order valence-corrected chi connectivity index (χ3v) is 5.15. The molecule has 0 bridgehead atoms. The van der Waals surface area contributed by atoms with Gasteiger partial charge in [-0.05, 0) is 30.9 Å². The van der Waals surface area contributed by atoms with Crippen molar-refractivity contribution in [3.63, 3.8) is 0 Å². The molecular formula is C12H16Cl2N2O2S. The van der Waals surface area contributed by atoms with Crippen LogP contribution in [0.5, 0.6) is 0 Å². The Labute approximate surface area is 123 Å². The van der Waals surface area contributed by atoms with Gasteiger partial charge in [0.15, 0.2) is 0 Å². The average Bonchev–Trinajstić information content (AvgIpc) is 3.15. The van der Waals surface area contributed by atoms with Crippen LogP contribution in [-0.4, -0.2) is 21.0 Å². The van der Waals surface area contributed by atoms with Gasteiger partial charge < -0.3 is 5.73 Å². The zero-order valence-corrected chi connectivity index (χ0v) is 12.6. The highest BCUT2D eigenvalue weighted by molar-refractivity contribution is 7.88. The van der Waals surface area contributed by atoms with Gasteiger partial charge in [0.2, 0.25) is 10.0 Å². The number of hydrogen-bond acceptors (Lipinski definition) is 3. The van der Waals surface area contributed by atoms with Gasteiger partial charge in [0.25, 0.3) is 0 Å². The van der Waals surface area contributed by atoms with E-state index in [1.54, 1.807) is 18.2 Å². The van der Waals surface area contributed by atoms with Crippen LogP contribution >= 0.6 is 23.2 Å². The summed E-state index contributed by atoms with van der Waals surface area (Å²) in [5.74, 6) is 0.217. The molecule has 0 aliphatic heterocycles. The molecular weight excluding hydrogens is 307 g/mol. The van der Waals surface area contributed by atoms with Gasteiger partial charge in [-0.25, -0.2) is 13.1 Å². The highest BCUT2D eigenvalue weighted by Gasteiger charge is 2.29. The number of benzene rings is 1. The lowest BCUT2D eigenvalue weighted by Crippen LogP contribution is -2.39. The number of halogens is 2. The van der Waals surface area contributed by atoms with Gasteiger partial charge in [0.05, 0.1) is 5.75 Å². The standard InChI is InChI=1S/C12H16Cl2N2O2S/c13-10-2-1-3-11(14)9(10)7-19(17,18)16-6-12(15)8-4-5-8/h1-3,8,12,16H,4-7,15H2. The monoisotopic (exact) mass is 322 g/mol. The van der Waals surface area contributed by atoms with Gasteiger partial charge in [0.1, 0.15) is 0 Å². The molecule has 1 fully saturated rings. The Morgan fingerprint density at radius 1 is 1.32 bits per heavy atom. The van der Waals surface area contributed by atoms with Crippen molar-refractivity contribution in [1.29, 1.82) is 0 Å².